The molecule has 0 unspecified atom stereocenters. The van der Waals surface area contributed by atoms with Gasteiger partial charge in [-0.1, -0.05) is 48.5 Å². The van der Waals surface area contributed by atoms with E-state index in [9.17, 15) is 9.90 Å². The maximum Gasteiger partial charge on any atom is 0.159 e. The molecule has 0 N–H and O–H groups in total. The number of nitrogens with zero attached hydrogens (tertiary/aromatic N) is 5. The van der Waals surface area contributed by atoms with Gasteiger partial charge in [0.1, 0.15) is 11.4 Å². The highest BCUT2D eigenvalue weighted by molar-refractivity contribution is 5.87. The lowest BCUT2D eigenvalue weighted by Crippen LogP contribution is -2.21. The number of imidazole rings is 2. The van der Waals surface area contributed by atoms with E-state index >= 15 is 0 Å². The molecule has 0 aliphatic heterocycles. The van der Waals surface area contributed by atoms with Crippen LogP contribution in [0.4, 0.5) is 0 Å². The zero-order chi connectivity index (χ0) is 24.1. The van der Waals surface area contributed by atoms with Crippen LogP contribution in [-0.4, -0.2) is 30.1 Å². The standard InChI is InChI=1S/C28H21N5O2/c1-32-24-9-5-3-7-20(24)30-26(32)22-15-19(17-11-13-18(14-12-17)28(34)35)16-23(29-22)27-31-21-8-4-6-10-25(21)33(27)2/h3-16H,1-2H3,(H,34,35)/p-1. The first-order valence-corrected chi connectivity index (χ1v) is 11.2. The van der Waals surface area contributed by atoms with Crippen LogP contribution >= 0.6 is 0 Å². The molecular weight excluding hydrogens is 438 g/mol. The van der Waals surface area contributed by atoms with E-state index in [4.69, 9.17) is 15.0 Å². The Bertz CT molecular complexity index is 1650. The molecule has 0 aliphatic carbocycles. The molecule has 0 bridgehead atoms. The molecule has 0 aliphatic rings. The number of benzene rings is 3. The van der Waals surface area contributed by atoms with E-state index in [2.05, 4.69) is 0 Å². The van der Waals surface area contributed by atoms with E-state index in [0.717, 1.165) is 44.8 Å². The number of aryl methyl sites for hydroxylation is 2. The third-order valence-corrected chi connectivity index (χ3v) is 6.31. The number of pyridine rings is 1. The number of para-hydroxylation sites is 4. The highest BCUT2D eigenvalue weighted by Gasteiger charge is 2.17. The van der Waals surface area contributed by atoms with Gasteiger partial charge in [-0.3, -0.25) is 0 Å². The summed E-state index contributed by atoms with van der Waals surface area (Å²) in [7, 11) is 3.95. The minimum Gasteiger partial charge on any atom is -0.545 e. The van der Waals surface area contributed by atoms with Crippen molar-refractivity contribution in [2.75, 3.05) is 0 Å². The number of aromatic nitrogens is 5. The van der Waals surface area contributed by atoms with Crippen molar-refractivity contribution in [1.29, 1.82) is 0 Å². The first kappa shape index (κ1) is 20.8. The third kappa shape index (κ3) is 3.45. The normalized spacial score (nSPS) is 11.4. The quantitative estimate of drug-likeness (QED) is 0.395. The van der Waals surface area contributed by atoms with Crippen LogP contribution in [0.2, 0.25) is 0 Å². The van der Waals surface area contributed by atoms with Gasteiger partial charge in [-0.2, -0.15) is 0 Å². The molecule has 170 valence electrons. The highest BCUT2D eigenvalue weighted by atomic mass is 16.4. The molecule has 0 radical (unpaired) electrons. The maximum absolute atomic E-state index is 11.2. The molecule has 35 heavy (non-hydrogen) atoms. The largest absolute Gasteiger partial charge is 0.545 e. The van der Waals surface area contributed by atoms with Gasteiger partial charge in [-0.05, 0) is 53.1 Å². The molecular formula is C28H20N5O2-. The van der Waals surface area contributed by atoms with Crippen LogP contribution in [0.1, 0.15) is 10.4 Å². The summed E-state index contributed by atoms with van der Waals surface area (Å²) < 4.78 is 4.05. The molecule has 3 heterocycles. The Hall–Kier alpha value is -4.78. The average Bonchev–Trinajstić information content (AvgIpc) is 3.41. The second kappa shape index (κ2) is 7.92. The van der Waals surface area contributed by atoms with Gasteiger partial charge in [0, 0.05) is 14.1 Å². The van der Waals surface area contributed by atoms with Crippen molar-refractivity contribution in [1.82, 2.24) is 24.1 Å². The van der Waals surface area contributed by atoms with Gasteiger partial charge in [0.25, 0.3) is 0 Å². The number of rotatable bonds is 4. The van der Waals surface area contributed by atoms with Gasteiger partial charge >= 0.3 is 0 Å². The fourth-order valence-corrected chi connectivity index (χ4v) is 4.47. The molecule has 6 rings (SSSR count). The third-order valence-electron chi connectivity index (χ3n) is 6.31. The van der Waals surface area contributed by atoms with Gasteiger partial charge in [-0.15, -0.1) is 0 Å². The Labute approximate surface area is 201 Å². The lowest BCUT2D eigenvalue weighted by atomic mass is 10.0. The van der Waals surface area contributed by atoms with Gasteiger partial charge in [0.15, 0.2) is 11.6 Å². The fourth-order valence-electron chi connectivity index (χ4n) is 4.47. The number of hydrogen-bond donors (Lipinski definition) is 0. The lowest BCUT2D eigenvalue weighted by Gasteiger charge is -2.11. The van der Waals surface area contributed by atoms with Crippen LogP contribution in [0, 0.1) is 0 Å². The van der Waals surface area contributed by atoms with E-state index in [-0.39, 0.29) is 5.56 Å². The zero-order valence-corrected chi connectivity index (χ0v) is 19.1. The van der Waals surface area contributed by atoms with Crippen molar-refractivity contribution >= 4 is 28.0 Å². The molecule has 0 atom stereocenters. The molecule has 6 aromatic rings. The van der Waals surface area contributed by atoms with Crippen molar-refractivity contribution in [2.45, 2.75) is 0 Å². The van der Waals surface area contributed by atoms with E-state index in [0.29, 0.717) is 11.4 Å². The molecule has 0 fully saturated rings. The monoisotopic (exact) mass is 458 g/mol. The first-order valence-electron chi connectivity index (χ1n) is 11.2. The van der Waals surface area contributed by atoms with Gasteiger partial charge in [0.2, 0.25) is 0 Å². The number of fused-ring (bicyclic) bond motifs is 2. The maximum atomic E-state index is 11.2. The summed E-state index contributed by atoms with van der Waals surface area (Å²) in [6.45, 7) is 0. The second-order valence-electron chi connectivity index (χ2n) is 8.46. The topological polar surface area (TPSA) is 88.7 Å². The molecule has 0 amide bonds. The summed E-state index contributed by atoms with van der Waals surface area (Å²) >= 11 is 0. The van der Waals surface area contributed by atoms with E-state index in [1.807, 2.05) is 83.9 Å². The SMILES string of the molecule is Cn1c(-c2cc(-c3ccc(C(=O)[O-])cc3)cc(-c3nc4ccccc4n3C)n2)nc2ccccc21. The molecule has 0 spiro atoms. The van der Waals surface area contributed by atoms with Crippen LogP contribution in [0.25, 0.3) is 56.2 Å². The molecule has 0 saturated heterocycles. The van der Waals surface area contributed by atoms with E-state index < -0.39 is 5.97 Å². The summed E-state index contributed by atoms with van der Waals surface area (Å²) in [5, 5.41) is 11.2. The average molecular weight is 459 g/mol. The van der Waals surface area contributed by atoms with Crippen molar-refractivity contribution in [3.63, 3.8) is 0 Å². The van der Waals surface area contributed by atoms with Crippen LogP contribution in [-0.2, 0) is 14.1 Å². The smallest absolute Gasteiger partial charge is 0.159 e. The summed E-state index contributed by atoms with van der Waals surface area (Å²) in [5.74, 6) is 0.269. The Morgan fingerprint density at radius 2 is 1.14 bits per heavy atom. The molecule has 0 saturated carbocycles. The number of carboxylic acids is 1. The van der Waals surface area contributed by atoms with Crippen molar-refractivity contribution in [3.05, 3.63) is 90.5 Å². The molecule has 3 aromatic carbocycles. The van der Waals surface area contributed by atoms with Crippen LogP contribution in [0.3, 0.4) is 0 Å². The predicted molar refractivity (Wildman–Crippen MR) is 133 cm³/mol. The lowest BCUT2D eigenvalue weighted by molar-refractivity contribution is -0.255. The predicted octanol–water partition coefficient (Wildman–Crippen LogP) is 4.22. The minimum absolute atomic E-state index is 0.133. The summed E-state index contributed by atoms with van der Waals surface area (Å²) in [5.41, 5.74) is 7.08. The second-order valence-corrected chi connectivity index (χ2v) is 8.46. The zero-order valence-electron chi connectivity index (χ0n) is 19.1. The van der Waals surface area contributed by atoms with Crippen molar-refractivity contribution in [3.8, 4) is 34.2 Å². The Morgan fingerprint density at radius 3 is 1.60 bits per heavy atom. The number of hydrogen-bond acceptors (Lipinski definition) is 5. The Balaban J connectivity index is 1.59. The summed E-state index contributed by atoms with van der Waals surface area (Å²) in [6.07, 6.45) is 0. The van der Waals surface area contributed by atoms with Gasteiger partial charge in [-0.25, -0.2) is 15.0 Å². The summed E-state index contributed by atoms with van der Waals surface area (Å²) in [4.78, 5) is 25.9. The van der Waals surface area contributed by atoms with Gasteiger partial charge < -0.3 is 19.0 Å². The van der Waals surface area contributed by atoms with Crippen molar-refractivity contribution in [2.24, 2.45) is 14.1 Å². The number of carbonyl (C=O) groups is 1. The molecule has 7 heteroatoms. The Morgan fingerprint density at radius 1 is 0.657 bits per heavy atom. The fraction of sp³-hybridized carbons (Fsp3) is 0.0714. The number of carbonyl (C=O) groups excluding carboxylic acids is 1. The minimum atomic E-state index is -1.20. The molecule has 7 nitrogen and oxygen atoms in total. The van der Waals surface area contributed by atoms with E-state index in [1.54, 1.807) is 24.3 Å². The van der Waals surface area contributed by atoms with Crippen LogP contribution in [0.15, 0.2) is 84.9 Å². The number of carboxylic acid groups (broad SMARTS) is 1. The molecule has 3 aromatic heterocycles. The number of aromatic carboxylic acids is 1. The van der Waals surface area contributed by atoms with Gasteiger partial charge in [0.05, 0.1) is 28.0 Å². The summed E-state index contributed by atoms with van der Waals surface area (Å²) in [6, 6.07) is 26.5. The highest BCUT2D eigenvalue weighted by Crippen LogP contribution is 2.32. The van der Waals surface area contributed by atoms with Crippen molar-refractivity contribution < 1.29 is 9.90 Å². The van der Waals surface area contributed by atoms with Crippen LogP contribution < -0.4 is 5.11 Å². The van der Waals surface area contributed by atoms with Crippen LogP contribution in [0.5, 0.6) is 0 Å². The first-order chi connectivity index (χ1) is 17.0. The Kier molecular flexibility index (Phi) is 4.70. The van der Waals surface area contributed by atoms with E-state index in [1.165, 1.54) is 0 Å².